The van der Waals surface area contributed by atoms with Crippen LogP contribution in [-0.4, -0.2) is 31.5 Å². The molecule has 0 radical (unpaired) electrons. The Labute approximate surface area is 117 Å². The molecule has 1 heterocycles. The van der Waals surface area contributed by atoms with Gasteiger partial charge >= 0.3 is 0 Å². The molecule has 0 aromatic heterocycles. The van der Waals surface area contributed by atoms with E-state index < -0.39 is 0 Å². The highest BCUT2D eigenvalue weighted by atomic mass is 16.5. The number of primary amides is 1. The van der Waals surface area contributed by atoms with Crippen LogP contribution in [0.1, 0.15) is 29.6 Å². The molecule has 2 amide bonds. The van der Waals surface area contributed by atoms with Crippen LogP contribution in [-0.2, 0) is 4.79 Å². The minimum atomic E-state index is -0.312. The maximum atomic E-state index is 12.1. The van der Waals surface area contributed by atoms with Crippen LogP contribution in [0.3, 0.4) is 0 Å². The van der Waals surface area contributed by atoms with Crippen LogP contribution < -0.4 is 21.1 Å². The van der Waals surface area contributed by atoms with E-state index in [0.717, 1.165) is 18.7 Å². The fraction of sp³-hybridized carbons (Fsp3) is 0.429. The summed E-state index contributed by atoms with van der Waals surface area (Å²) in [6.07, 6.45) is 1.76. The summed E-state index contributed by atoms with van der Waals surface area (Å²) < 4.78 is 5.55. The molecule has 0 saturated carbocycles. The second-order valence-electron chi connectivity index (χ2n) is 4.64. The average molecular weight is 277 g/mol. The Hall–Kier alpha value is -2.24. The Morgan fingerprint density at radius 2 is 2.20 bits per heavy atom. The van der Waals surface area contributed by atoms with E-state index in [1.165, 1.54) is 0 Å². The highest BCUT2D eigenvalue weighted by molar-refractivity contribution is 5.98. The smallest absolute Gasteiger partial charge is 0.255 e. The summed E-state index contributed by atoms with van der Waals surface area (Å²) in [5, 5.41) is 6.01. The van der Waals surface area contributed by atoms with Gasteiger partial charge in [0.1, 0.15) is 6.61 Å². The minimum Gasteiger partial charge on any atom is -0.489 e. The van der Waals surface area contributed by atoms with Crippen LogP contribution in [0.5, 0.6) is 5.75 Å². The third kappa shape index (κ3) is 3.63. The molecule has 0 atom stereocenters. The van der Waals surface area contributed by atoms with Gasteiger partial charge in [-0.05, 0) is 25.0 Å². The van der Waals surface area contributed by atoms with Gasteiger partial charge in [0.2, 0.25) is 5.91 Å². The van der Waals surface area contributed by atoms with Crippen molar-refractivity contribution in [1.29, 1.82) is 0 Å². The molecule has 0 fully saturated rings. The maximum absolute atomic E-state index is 12.1. The normalized spacial score (nSPS) is 12.8. The van der Waals surface area contributed by atoms with Crippen LogP contribution in [0.25, 0.3) is 0 Å². The summed E-state index contributed by atoms with van der Waals surface area (Å²) in [7, 11) is 0. The zero-order valence-corrected chi connectivity index (χ0v) is 11.3. The zero-order valence-electron chi connectivity index (χ0n) is 11.3. The third-order valence-corrected chi connectivity index (χ3v) is 3.06. The fourth-order valence-corrected chi connectivity index (χ4v) is 2.07. The van der Waals surface area contributed by atoms with E-state index in [1.54, 1.807) is 6.07 Å². The molecule has 1 aliphatic heterocycles. The van der Waals surface area contributed by atoms with Crippen LogP contribution in [0.4, 0.5) is 5.69 Å². The largest absolute Gasteiger partial charge is 0.489 e. The van der Waals surface area contributed by atoms with Crippen molar-refractivity contribution >= 4 is 17.5 Å². The van der Waals surface area contributed by atoms with Gasteiger partial charge in [-0.3, -0.25) is 9.59 Å². The van der Waals surface area contributed by atoms with E-state index in [0.29, 0.717) is 37.3 Å². The lowest BCUT2D eigenvalue weighted by Crippen LogP contribution is -2.27. The molecule has 2 rings (SSSR count). The van der Waals surface area contributed by atoms with E-state index >= 15 is 0 Å². The van der Waals surface area contributed by atoms with Crippen LogP contribution in [0, 0.1) is 0 Å². The van der Waals surface area contributed by atoms with Crippen molar-refractivity contribution < 1.29 is 14.3 Å². The molecule has 0 aliphatic carbocycles. The Balaban J connectivity index is 1.88. The first-order valence-electron chi connectivity index (χ1n) is 6.74. The van der Waals surface area contributed by atoms with E-state index in [2.05, 4.69) is 10.6 Å². The zero-order chi connectivity index (χ0) is 14.4. The van der Waals surface area contributed by atoms with E-state index in [1.807, 2.05) is 12.1 Å². The number of unbranched alkanes of at least 4 members (excludes halogenated alkanes) is 1. The molecular formula is C14H19N3O3. The summed E-state index contributed by atoms with van der Waals surface area (Å²) in [6, 6.07) is 5.45. The van der Waals surface area contributed by atoms with Crippen molar-refractivity contribution in [3.8, 4) is 5.75 Å². The molecule has 108 valence electrons. The van der Waals surface area contributed by atoms with Crippen molar-refractivity contribution in [2.45, 2.75) is 19.3 Å². The van der Waals surface area contributed by atoms with E-state index in [-0.39, 0.29) is 11.8 Å². The predicted molar refractivity (Wildman–Crippen MR) is 75.8 cm³/mol. The number of carbonyl (C=O) groups is 2. The lowest BCUT2D eigenvalue weighted by Gasteiger charge is -2.21. The highest BCUT2D eigenvalue weighted by Crippen LogP contribution is 2.30. The van der Waals surface area contributed by atoms with E-state index in [4.69, 9.17) is 10.5 Å². The van der Waals surface area contributed by atoms with Crippen LogP contribution in [0.2, 0.25) is 0 Å². The lowest BCUT2D eigenvalue weighted by molar-refractivity contribution is -0.118. The molecule has 6 heteroatoms. The molecule has 0 saturated heterocycles. The molecule has 1 aliphatic rings. The number of hydrogen-bond donors (Lipinski definition) is 3. The summed E-state index contributed by atoms with van der Waals surface area (Å²) >= 11 is 0. The number of benzene rings is 1. The van der Waals surface area contributed by atoms with Gasteiger partial charge in [0.25, 0.3) is 5.91 Å². The first kappa shape index (κ1) is 14.2. The van der Waals surface area contributed by atoms with E-state index in [9.17, 15) is 9.59 Å². The van der Waals surface area contributed by atoms with Gasteiger partial charge in [0, 0.05) is 19.5 Å². The Kier molecular flexibility index (Phi) is 4.81. The van der Waals surface area contributed by atoms with Gasteiger partial charge in [-0.15, -0.1) is 0 Å². The first-order chi connectivity index (χ1) is 9.68. The van der Waals surface area contributed by atoms with Gasteiger partial charge in [0.05, 0.1) is 11.3 Å². The summed E-state index contributed by atoms with van der Waals surface area (Å²) in [4.78, 5) is 22.7. The number of para-hydroxylation sites is 1. The predicted octanol–water partition coefficient (Wildman–Crippen LogP) is 0.876. The minimum absolute atomic E-state index is 0.162. The Morgan fingerprint density at radius 3 is 3.00 bits per heavy atom. The molecule has 0 unspecified atom stereocenters. The van der Waals surface area contributed by atoms with Gasteiger partial charge in [-0.1, -0.05) is 6.07 Å². The molecule has 1 aromatic carbocycles. The first-order valence-corrected chi connectivity index (χ1v) is 6.74. The number of hydrogen-bond acceptors (Lipinski definition) is 4. The third-order valence-electron chi connectivity index (χ3n) is 3.06. The van der Waals surface area contributed by atoms with Gasteiger partial charge in [-0.25, -0.2) is 0 Å². The summed E-state index contributed by atoms with van der Waals surface area (Å²) in [5.41, 5.74) is 6.43. The molecule has 0 bridgehead atoms. The standard InChI is InChI=1S/C14H19N3O3/c15-12(18)6-1-2-7-17-14(19)10-4-3-5-11-13(10)20-9-8-16-11/h3-5,16H,1-2,6-9H2,(H2,15,18)(H,17,19). The molecular weight excluding hydrogens is 258 g/mol. The van der Waals surface area contributed by atoms with Crippen LogP contribution in [0.15, 0.2) is 18.2 Å². The second kappa shape index (κ2) is 6.79. The second-order valence-corrected chi connectivity index (χ2v) is 4.64. The molecule has 4 N–H and O–H groups in total. The number of fused-ring (bicyclic) bond motifs is 1. The average Bonchev–Trinajstić information content (AvgIpc) is 2.45. The van der Waals surface area contributed by atoms with Gasteiger partial charge < -0.3 is 21.1 Å². The van der Waals surface area contributed by atoms with Crippen molar-refractivity contribution in [2.24, 2.45) is 5.73 Å². The molecule has 0 spiro atoms. The SMILES string of the molecule is NC(=O)CCCCNC(=O)c1cccc2c1OCCN2. The highest BCUT2D eigenvalue weighted by Gasteiger charge is 2.18. The quantitative estimate of drug-likeness (QED) is 0.673. The van der Waals surface area contributed by atoms with Gasteiger partial charge in [0.15, 0.2) is 5.75 Å². The van der Waals surface area contributed by atoms with Crippen LogP contribution >= 0.6 is 0 Å². The number of ether oxygens (including phenoxy) is 1. The summed E-state index contributed by atoms with van der Waals surface area (Å²) in [6.45, 7) is 1.81. The number of nitrogens with two attached hydrogens (primary N) is 1. The monoisotopic (exact) mass is 277 g/mol. The van der Waals surface area contributed by atoms with Crippen molar-refractivity contribution in [3.05, 3.63) is 23.8 Å². The molecule has 1 aromatic rings. The fourth-order valence-electron chi connectivity index (χ4n) is 2.07. The Bertz CT molecular complexity index is 502. The number of carbonyl (C=O) groups excluding carboxylic acids is 2. The van der Waals surface area contributed by atoms with Gasteiger partial charge in [-0.2, -0.15) is 0 Å². The topological polar surface area (TPSA) is 93.5 Å². The number of amides is 2. The van der Waals surface area contributed by atoms with Crippen molar-refractivity contribution in [2.75, 3.05) is 25.0 Å². The molecule has 6 nitrogen and oxygen atoms in total. The van der Waals surface area contributed by atoms with Crippen molar-refractivity contribution in [1.82, 2.24) is 5.32 Å². The maximum Gasteiger partial charge on any atom is 0.255 e. The number of rotatable bonds is 6. The van der Waals surface area contributed by atoms with Crippen molar-refractivity contribution in [3.63, 3.8) is 0 Å². The number of anilines is 1. The summed E-state index contributed by atoms with van der Waals surface area (Å²) in [5.74, 6) is 0.131. The molecule has 20 heavy (non-hydrogen) atoms. The number of nitrogens with one attached hydrogen (secondary N) is 2. The lowest BCUT2D eigenvalue weighted by atomic mass is 10.1. The Morgan fingerprint density at radius 1 is 1.35 bits per heavy atom.